The minimum Gasteiger partial charge on any atom is -0.179 e. The van der Waals surface area contributed by atoms with Crippen molar-refractivity contribution < 1.29 is 0 Å². The molecule has 0 bridgehead atoms. The van der Waals surface area contributed by atoms with E-state index >= 15 is 0 Å². The molecular weight excluding hydrogens is 136 g/mol. The molecule has 0 heterocycles. The molecule has 0 saturated heterocycles. The monoisotopic (exact) mass is 150 g/mol. The third kappa shape index (κ3) is 2.88. The molecule has 0 amide bonds. The molecule has 0 nitrogen and oxygen atoms in total. The van der Waals surface area contributed by atoms with Crippen molar-refractivity contribution in [2.24, 2.45) is 5.92 Å². The first-order chi connectivity index (χ1) is 3.72. The fourth-order valence-corrected chi connectivity index (χ4v) is 1.68. The zero-order valence-corrected chi connectivity index (χ0v) is 7.25. The second-order valence-electron chi connectivity index (χ2n) is 2.09. The van der Waals surface area contributed by atoms with Crippen LogP contribution in [-0.2, 0) is 0 Å². The predicted octanol–water partition coefficient (Wildman–Crippen LogP) is 2.26. The standard InChI is InChI=1S/C6H14S2/c1-3-6(4-7)5(2)8/h5-8H,3-4H2,1-2H3. The SMILES string of the molecule is CCC(CS)C(C)S. The van der Waals surface area contributed by atoms with E-state index in [2.05, 4.69) is 39.1 Å². The first-order valence-electron chi connectivity index (χ1n) is 3.01. The number of rotatable bonds is 3. The third-order valence-corrected chi connectivity index (χ3v) is 2.33. The van der Waals surface area contributed by atoms with Crippen LogP contribution < -0.4 is 0 Å². The molecule has 0 aromatic heterocycles. The summed E-state index contributed by atoms with van der Waals surface area (Å²) >= 11 is 8.49. The zero-order valence-electron chi connectivity index (χ0n) is 5.46. The molecule has 0 N–H and O–H groups in total. The topological polar surface area (TPSA) is 0 Å². The van der Waals surface area contributed by atoms with E-state index in [1.807, 2.05) is 0 Å². The molecule has 0 aliphatic rings. The van der Waals surface area contributed by atoms with Gasteiger partial charge in [-0.05, 0) is 11.7 Å². The molecule has 50 valence electrons. The van der Waals surface area contributed by atoms with Gasteiger partial charge in [0.2, 0.25) is 0 Å². The van der Waals surface area contributed by atoms with E-state index in [0.717, 1.165) is 5.75 Å². The lowest BCUT2D eigenvalue weighted by Gasteiger charge is -2.13. The van der Waals surface area contributed by atoms with Gasteiger partial charge in [0, 0.05) is 5.25 Å². The van der Waals surface area contributed by atoms with E-state index in [1.165, 1.54) is 6.42 Å². The first kappa shape index (κ1) is 8.70. The fourth-order valence-electron chi connectivity index (χ4n) is 0.623. The van der Waals surface area contributed by atoms with Crippen molar-refractivity contribution in [2.45, 2.75) is 25.5 Å². The lowest BCUT2D eigenvalue weighted by Crippen LogP contribution is -2.11. The van der Waals surface area contributed by atoms with Gasteiger partial charge in [-0.3, -0.25) is 0 Å². The Balaban J connectivity index is 3.35. The molecular formula is C6H14S2. The smallest absolute Gasteiger partial charge is 0.00244 e. The van der Waals surface area contributed by atoms with Gasteiger partial charge < -0.3 is 0 Å². The van der Waals surface area contributed by atoms with Gasteiger partial charge in [0.1, 0.15) is 0 Å². The number of hydrogen-bond acceptors (Lipinski definition) is 2. The molecule has 2 atom stereocenters. The highest BCUT2D eigenvalue weighted by atomic mass is 32.1. The molecule has 0 radical (unpaired) electrons. The van der Waals surface area contributed by atoms with Crippen molar-refractivity contribution in [3.8, 4) is 0 Å². The maximum atomic E-state index is 4.30. The summed E-state index contributed by atoms with van der Waals surface area (Å²) in [5.74, 6) is 1.64. The Morgan fingerprint density at radius 3 is 2.00 bits per heavy atom. The number of thiol groups is 2. The number of hydrogen-bond donors (Lipinski definition) is 2. The van der Waals surface area contributed by atoms with Crippen molar-refractivity contribution in [3.05, 3.63) is 0 Å². The maximum Gasteiger partial charge on any atom is 0.00244 e. The summed E-state index contributed by atoms with van der Waals surface area (Å²) in [6.07, 6.45) is 1.19. The molecule has 8 heavy (non-hydrogen) atoms. The Kier molecular flexibility index (Phi) is 4.97. The average Bonchev–Trinajstić information content (AvgIpc) is 1.69. The second kappa shape index (κ2) is 4.57. The van der Waals surface area contributed by atoms with Crippen LogP contribution in [0.5, 0.6) is 0 Å². The minimum absolute atomic E-state index is 0.498. The minimum atomic E-state index is 0.498. The Hall–Kier alpha value is 0.700. The summed E-state index contributed by atoms with van der Waals surface area (Å²) in [6, 6.07) is 0. The van der Waals surface area contributed by atoms with E-state index in [9.17, 15) is 0 Å². The Bertz CT molecular complexity index is 48.5. The van der Waals surface area contributed by atoms with Crippen LogP contribution in [0.25, 0.3) is 0 Å². The second-order valence-corrected chi connectivity index (χ2v) is 3.27. The fraction of sp³-hybridized carbons (Fsp3) is 1.00. The molecule has 0 fully saturated rings. The van der Waals surface area contributed by atoms with Crippen molar-refractivity contribution in [3.63, 3.8) is 0 Å². The van der Waals surface area contributed by atoms with Crippen LogP contribution in [0, 0.1) is 5.92 Å². The van der Waals surface area contributed by atoms with Crippen LogP contribution in [-0.4, -0.2) is 11.0 Å². The van der Waals surface area contributed by atoms with Gasteiger partial charge >= 0.3 is 0 Å². The van der Waals surface area contributed by atoms with Gasteiger partial charge in [-0.2, -0.15) is 25.3 Å². The van der Waals surface area contributed by atoms with Crippen LogP contribution in [0.1, 0.15) is 20.3 Å². The van der Waals surface area contributed by atoms with Gasteiger partial charge in [-0.25, -0.2) is 0 Å². The zero-order chi connectivity index (χ0) is 6.57. The molecule has 0 aromatic carbocycles. The first-order valence-corrected chi connectivity index (χ1v) is 4.16. The van der Waals surface area contributed by atoms with E-state index in [1.54, 1.807) is 0 Å². The van der Waals surface area contributed by atoms with Gasteiger partial charge in [0.05, 0.1) is 0 Å². The van der Waals surface area contributed by atoms with Gasteiger partial charge in [0.25, 0.3) is 0 Å². The molecule has 0 rings (SSSR count). The van der Waals surface area contributed by atoms with Crippen molar-refractivity contribution in [2.75, 3.05) is 5.75 Å². The summed E-state index contributed by atoms with van der Waals surface area (Å²) < 4.78 is 0. The lowest BCUT2D eigenvalue weighted by molar-refractivity contribution is 0.571. The van der Waals surface area contributed by atoms with E-state index in [0.29, 0.717) is 11.2 Å². The summed E-state index contributed by atoms with van der Waals surface area (Å²) in [5, 5.41) is 0.498. The average molecular weight is 150 g/mol. The largest absolute Gasteiger partial charge is 0.179 e. The Morgan fingerprint density at radius 1 is 1.50 bits per heavy atom. The molecule has 0 aliphatic heterocycles. The van der Waals surface area contributed by atoms with Gasteiger partial charge in [-0.15, -0.1) is 0 Å². The maximum absolute atomic E-state index is 4.30. The van der Waals surface area contributed by atoms with E-state index in [4.69, 9.17) is 0 Å². The van der Waals surface area contributed by atoms with Crippen molar-refractivity contribution >= 4 is 25.3 Å². The van der Waals surface area contributed by atoms with E-state index in [-0.39, 0.29) is 0 Å². The van der Waals surface area contributed by atoms with Crippen LogP contribution in [0.3, 0.4) is 0 Å². The van der Waals surface area contributed by atoms with Gasteiger partial charge in [0.15, 0.2) is 0 Å². The lowest BCUT2D eigenvalue weighted by atomic mass is 10.1. The van der Waals surface area contributed by atoms with Crippen LogP contribution in [0.15, 0.2) is 0 Å². The van der Waals surface area contributed by atoms with Crippen LogP contribution >= 0.6 is 25.3 Å². The van der Waals surface area contributed by atoms with Crippen molar-refractivity contribution in [1.29, 1.82) is 0 Å². The highest BCUT2D eigenvalue weighted by Crippen LogP contribution is 2.14. The van der Waals surface area contributed by atoms with Crippen LogP contribution in [0.2, 0.25) is 0 Å². The summed E-state index contributed by atoms with van der Waals surface area (Å²) in [7, 11) is 0. The quantitative estimate of drug-likeness (QED) is 0.567. The highest BCUT2D eigenvalue weighted by molar-refractivity contribution is 7.81. The molecule has 2 heteroatoms. The summed E-state index contributed by atoms with van der Waals surface area (Å²) in [4.78, 5) is 0. The molecule has 0 spiro atoms. The summed E-state index contributed by atoms with van der Waals surface area (Å²) in [6.45, 7) is 4.29. The predicted molar refractivity (Wildman–Crippen MR) is 46.1 cm³/mol. The van der Waals surface area contributed by atoms with Gasteiger partial charge in [-0.1, -0.05) is 20.3 Å². The molecule has 2 unspecified atom stereocenters. The Morgan fingerprint density at radius 2 is 2.00 bits per heavy atom. The van der Waals surface area contributed by atoms with E-state index < -0.39 is 0 Å². The normalized spacial score (nSPS) is 18.0. The molecule has 0 saturated carbocycles. The third-order valence-electron chi connectivity index (χ3n) is 1.44. The van der Waals surface area contributed by atoms with Crippen molar-refractivity contribution in [1.82, 2.24) is 0 Å². The van der Waals surface area contributed by atoms with Crippen LogP contribution in [0.4, 0.5) is 0 Å². The highest BCUT2D eigenvalue weighted by Gasteiger charge is 2.07. The molecule has 0 aromatic rings. The molecule has 0 aliphatic carbocycles. The Labute approximate surface area is 62.9 Å². The summed E-state index contributed by atoms with van der Waals surface area (Å²) in [5.41, 5.74) is 0.